The molecule has 24 heavy (non-hydrogen) atoms. The fourth-order valence-corrected chi connectivity index (χ4v) is 6.04. The van der Waals surface area contributed by atoms with Crippen LogP contribution in [0.1, 0.15) is 37.8 Å². The Labute approximate surface area is 147 Å². The SMILES string of the molecule is COc1ccccc1-c1nc(CS(=O)(=O)CC2CCCCC2)cs1. The molecule has 0 aliphatic heterocycles. The van der Waals surface area contributed by atoms with Gasteiger partial charge in [-0.15, -0.1) is 11.3 Å². The van der Waals surface area contributed by atoms with Crippen LogP contribution in [0.3, 0.4) is 0 Å². The number of methoxy groups -OCH3 is 1. The molecular weight excluding hydrogens is 342 g/mol. The van der Waals surface area contributed by atoms with Crippen molar-refractivity contribution in [2.75, 3.05) is 12.9 Å². The van der Waals surface area contributed by atoms with Crippen molar-refractivity contribution in [3.05, 3.63) is 35.3 Å². The Morgan fingerprint density at radius 3 is 2.71 bits per heavy atom. The molecule has 1 aliphatic carbocycles. The van der Waals surface area contributed by atoms with Gasteiger partial charge in [0.2, 0.25) is 0 Å². The highest BCUT2D eigenvalue weighted by molar-refractivity contribution is 7.90. The van der Waals surface area contributed by atoms with Crippen LogP contribution >= 0.6 is 11.3 Å². The van der Waals surface area contributed by atoms with Gasteiger partial charge in [-0.25, -0.2) is 13.4 Å². The Bertz CT molecular complexity index is 777. The second-order valence-electron chi connectivity index (χ2n) is 6.40. The fraction of sp³-hybridized carbons (Fsp3) is 0.500. The second kappa shape index (κ2) is 7.66. The lowest BCUT2D eigenvalue weighted by Crippen LogP contribution is -2.20. The molecule has 1 heterocycles. The van der Waals surface area contributed by atoms with Gasteiger partial charge in [0.25, 0.3) is 0 Å². The highest BCUT2D eigenvalue weighted by Gasteiger charge is 2.23. The van der Waals surface area contributed by atoms with E-state index >= 15 is 0 Å². The predicted molar refractivity (Wildman–Crippen MR) is 98.2 cm³/mol. The van der Waals surface area contributed by atoms with E-state index in [4.69, 9.17) is 4.74 Å². The van der Waals surface area contributed by atoms with Crippen molar-refractivity contribution in [2.45, 2.75) is 37.9 Å². The summed E-state index contributed by atoms with van der Waals surface area (Å²) in [6.07, 6.45) is 5.65. The van der Waals surface area contributed by atoms with Crippen molar-refractivity contribution in [3.63, 3.8) is 0 Å². The minimum atomic E-state index is -3.11. The van der Waals surface area contributed by atoms with Crippen molar-refractivity contribution in [1.82, 2.24) is 4.98 Å². The van der Waals surface area contributed by atoms with Gasteiger partial charge in [-0.05, 0) is 30.9 Å². The molecule has 3 rings (SSSR count). The number of hydrogen-bond donors (Lipinski definition) is 0. The lowest BCUT2D eigenvalue weighted by Gasteiger charge is -2.20. The summed E-state index contributed by atoms with van der Waals surface area (Å²) in [6.45, 7) is 0. The highest BCUT2D eigenvalue weighted by Crippen LogP contribution is 2.32. The van der Waals surface area contributed by atoms with Gasteiger partial charge in [-0.1, -0.05) is 31.4 Å². The summed E-state index contributed by atoms with van der Waals surface area (Å²) in [4.78, 5) is 4.53. The van der Waals surface area contributed by atoms with Gasteiger partial charge in [0.15, 0.2) is 9.84 Å². The average Bonchev–Trinajstić information content (AvgIpc) is 3.02. The molecule has 0 bridgehead atoms. The highest BCUT2D eigenvalue weighted by atomic mass is 32.2. The molecule has 0 atom stereocenters. The maximum Gasteiger partial charge on any atom is 0.156 e. The van der Waals surface area contributed by atoms with E-state index in [2.05, 4.69) is 4.98 Å². The normalized spacial score (nSPS) is 16.2. The summed E-state index contributed by atoms with van der Waals surface area (Å²) < 4.78 is 30.3. The number of nitrogens with zero attached hydrogens (tertiary/aromatic N) is 1. The van der Waals surface area contributed by atoms with Gasteiger partial charge in [0.05, 0.1) is 29.9 Å². The molecule has 130 valence electrons. The summed E-state index contributed by atoms with van der Waals surface area (Å²) in [7, 11) is -1.48. The first-order chi connectivity index (χ1) is 11.6. The summed E-state index contributed by atoms with van der Waals surface area (Å²) in [5.74, 6) is 1.42. The van der Waals surface area contributed by atoms with Gasteiger partial charge < -0.3 is 4.74 Å². The van der Waals surface area contributed by atoms with Gasteiger partial charge >= 0.3 is 0 Å². The quantitative estimate of drug-likeness (QED) is 0.765. The zero-order valence-electron chi connectivity index (χ0n) is 13.9. The van der Waals surface area contributed by atoms with Crippen LogP contribution in [-0.4, -0.2) is 26.3 Å². The Morgan fingerprint density at radius 1 is 1.21 bits per heavy atom. The van der Waals surface area contributed by atoms with E-state index < -0.39 is 9.84 Å². The topological polar surface area (TPSA) is 56.3 Å². The van der Waals surface area contributed by atoms with Crippen molar-refractivity contribution >= 4 is 21.2 Å². The van der Waals surface area contributed by atoms with Crippen LogP contribution < -0.4 is 4.74 Å². The van der Waals surface area contributed by atoms with E-state index in [0.717, 1.165) is 42.0 Å². The van der Waals surface area contributed by atoms with Crippen molar-refractivity contribution in [2.24, 2.45) is 5.92 Å². The number of rotatable bonds is 6. The van der Waals surface area contributed by atoms with Gasteiger partial charge in [-0.3, -0.25) is 0 Å². The van der Waals surface area contributed by atoms with E-state index in [0.29, 0.717) is 17.4 Å². The predicted octanol–water partition coefficient (Wildman–Crippen LogP) is 4.31. The molecule has 1 fully saturated rings. The average molecular weight is 366 g/mol. The first-order valence-electron chi connectivity index (χ1n) is 8.35. The first kappa shape index (κ1) is 17.4. The van der Waals surface area contributed by atoms with Crippen LogP contribution in [0.4, 0.5) is 0 Å². The smallest absolute Gasteiger partial charge is 0.156 e. The molecule has 0 radical (unpaired) electrons. The maximum absolute atomic E-state index is 12.5. The Hall–Kier alpha value is -1.40. The van der Waals surface area contributed by atoms with E-state index in [1.807, 2.05) is 29.6 Å². The summed E-state index contributed by atoms with van der Waals surface area (Å²) in [6, 6.07) is 7.67. The van der Waals surface area contributed by atoms with Crippen LogP contribution in [0.5, 0.6) is 5.75 Å². The molecule has 0 saturated heterocycles. The minimum Gasteiger partial charge on any atom is -0.496 e. The molecular formula is C18H23NO3S2. The minimum absolute atomic E-state index is 0.0369. The Kier molecular flexibility index (Phi) is 5.56. The molecule has 0 N–H and O–H groups in total. The fourth-order valence-electron chi connectivity index (χ4n) is 3.32. The zero-order valence-corrected chi connectivity index (χ0v) is 15.5. The summed E-state index contributed by atoms with van der Waals surface area (Å²) in [5, 5.41) is 2.65. The van der Waals surface area contributed by atoms with Crippen molar-refractivity contribution in [1.29, 1.82) is 0 Å². The summed E-state index contributed by atoms with van der Waals surface area (Å²) in [5.41, 5.74) is 1.54. The Balaban J connectivity index is 1.71. The molecule has 6 heteroatoms. The van der Waals surface area contributed by atoms with Gasteiger partial charge in [-0.2, -0.15) is 0 Å². The van der Waals surface area contributed by atoms with E-state index in [1.54, 1.807) is 7.11 Å². The molecule has 1 aliphatic rings. The van der Waals surface area contributed by atoms with Crippen LogP contribution in [0.15, 0.2) is 29.6 Å². The van der Waals surface area contributed by atoms with E-state index in [-0.39, 0.29) is 5.75 Å². The summed E-state index contributed by atoms with van der Waals surface area (Å²) >= 11 is 1.46. The second-order valence-corrected chi connectivity index (χ2v) is 9.37. The van der Waals surface area contributed by atoms with Crippen molar-refractivity contribution < 1.29 is 13.2 Å². The number of ether oxygens (including phenoxy) is 1. The van der Waals surface area contributed by atoms with Gasteiger partial charge in [0.1, 0.15) is 10.8 Å². The number of benzene rings is 1. The standard InChI is InChI=1S/C18H23NO3S2/c1-22-17-10-6-5-9-16(17)18-19-15(11-23-18)13-24(20,21)12-14-7-3-2-4-8-14/h5-6,9-11,14H,2-4,7-8,12-13H2,1H3. The molecule has 0 spiro atoms. The molecule has 4 nitrogen and oxygen atoms in total. The third-order valence-corrected chi connectivity index (χ3v) is 7.11. The molecule has 1 aromatic heterocycles. The number of thiazole rings is 1. The van der Waals surface area contributed by atoms with E-state index in [9.17, 15) is 8.42 Å². The monoisotopic (exact) mass is 365 g/mol. The first-order valence-corrected chi connectivity index (χ1v) is 11.1. The van der Waals surface area contributed by atoms with Gasteiger partial charge in [0, 0.05) is 5.38 Å². The number of para-hydroxylation sites is 1. The lowest BCUT2D eigenvalue weighted by molar-refractivity contribution is 0.385. The third-order valence-electron chi connectivity index (χ3n) is 4.47. The lowest BCUT2D eigenvalue weighted by atomic mass is 9.91. The zero-order chi connectivity index (χ0) is 17.0. The molecule has 0 unspecified atom stereocenters. The number of aromatic nitrogens is 1. The number of sulfone groups is 1. The van der Waals surface area contributed by atoms with Crippen LogP contribution in [0, 0.1) is 5.92 Å². The van der Waals surface area contributed by atoms with Crippen LogP contribution in [0.2, 0.25) is 0 Å². The molecule has 0 amide bonds. The molecule has 1 aromatic carbocycles. The maximum atomic E-state index is 12.5. The largest absolute Gasteiger partial charge is 0.496 e. The molecule has 1 saturated carbocycles. The van der Waals surface area contributed by atoms with Crippen LogP contribution in [-0.2, 0) is 15.6 Å². The molecule has 2 aromatic rings. The third kappa shape index (κ3) is 4.36. The Morgan fingerprint density at radius 2 is 1.96 bits per heavy atom. The van der Waals surface area contributed by atoms with Crippen molar-refractivity contribution in [3.8, 4) is 16.3 Å². The number of hydrogen-bond acceptors (Lipinski definition) is 5. The van der Waals surface area contributed by atoms with Crippen LogP contribution in [0.25, 0.3) is 10.6 Å². The van der Waals surface area contributed by atoms with E-state index in [1.165, 1.54) is 17.8 Å².